The average molecular weight is 875 g/mol. The van der Waals surface area contributed by atoms with Gasteiger partial charge in [0.2, 0.25) is 17.7 Å². The number of carbonyl (C=O) groups excluding carboxylic acids is 7. The number of hydrogen-bond donors (Lipinski definition) is 1. The van der Waals surface area contributed by atoms with Gasteiger partial charge in [-0.05, 0) is 49.0 Å². The molecule has 62 heavy (non-hydrogen) atoms. The van der Waals surface area contributed by atoms with Crippen molar-refractivity contribution in [3.05, 3.63) is 35.9 Å². The van der Waals surface area contributed by atoms with Crippen molar-refractivity contribution in [3.63, 3.8) is 0 Å². The molecule has 0 aliphatic carbocycles. The molecule has 1 aromatic carbocycles. The van der Waals surface area contributed by atoms with Gasteiger partial charge in [-0.1, -0.05) is 57.5 Å². The zero-order valence-corrected chi connectivity index (χ0v) is 37.1. The minimum absolute atomic E-state index is 0.00191. The number of nitrogens with one attached hydrogen (secondary N) is 1. The number of Topliss-reactive ketones (excluding diaryl/α,β-unsaturated/α-hetero) is 1. The first-order valence-electron chi connectivity index (χ1n) is 21.6. The van der Waals surface area contributed by atoms with Crippen LogP contribution in [-0.4, -0.2) is 143 Å². The van der Waals surface area contributed by atoms with Crippen LogP contribution in [-0.2, 0) is 61.9 Å². The summed E-state index contributed by atoms with van der Waals surface area (Å²) >= 11 is 0. The van der Waals surface area contributed by atoms with Gasteiger partial charge in [0.05, 0.1) is 25.2 Å². The van der Waals surface area contributed by atoms with E-state index in [9.17, 15) is 33.6 Å². The quantitative estimate of drug-likeness (QED) is 0.0439. The number of amides is 5. The molecule has 0 bridgehead atoms. The second-order valence-electron chi connectivity index (χ2n) is 16.3. The summed E-state index contributed by atoms with van der Waals surface area (Å²) in [5.74, 6) is -5.36. The summed E-state index contributed by atoms with van der Waals surface area (Å²) in [4.78, 5) is 96.0. The fourth-order valence-electron chi connectivity index (χ4n) is 8.54. The third kappa shape index (κ3) is 13.8. The molecule has 3 aliphatic heterocycles. The first kappa shape index (κ1) is 50.2. The predicted molar refractivity (Wildman–Crippen MR) is 221 cm³/mol. The highest BCUT2D eigenvalue weighted by Crippen LogP contribution is 2.40. The third-order valence-corrected chi connectivity index (χ3v) is 12.1. The second kappa shape index (κ2) is 25.6. The smallest absolute Gasteiger partial charge is 0.325 e. The Morgan fingerprint density at radius 3 is 2.18 bits per heavy atom. The number of urea groups is 1. The maximum Gasteiger partial charge on any atom is 0.325 e. The van der Waals surface area contributed by atoms with Crippen LogP contribution in [0.1, 0.15) is 90.0 Å². The van der Waals surface area contributed by atoms with Crippen LogP contribution in [0, 0.1) is 29.6 Å². The number of nitrogens with zero attached hydrogens (tertiary/aromatic N) is 3. The van der Waals surface area contributed by atoms with Crippen molar-refractivity contribution in [1.29, 1.82) is 0 Å². The van der Waals surface area contributed by atoms with E-state index < -0.39 is 60.5 Å². The number of esters is 2. The molecule has 0 aromatic heterocycles. The van der Waals surface area contributed by atoms with Gasteiger partial charge in [0.25, 0.3) is 0 Å². The van der Waals surface area contributed by atoms with Gasteiger partial charge in [-0.3, -0.25) is 48.8 Å². The molecule has 1 N–H and O–H groups in total. The highest BCUT2D eigenvalue weighted by molar-refractivity contribution is 6.11. The number of hydrogen-bond acceptors (Lipinski definition) is 14. The van der Waals surface area contributed by atoms with E-state index in [1.807, 2.05) is 25.1 Å². The summed E-state index contributed by atoms with van der Waals surface area (Å²) in [6, 6.07) is 9.22. The van der Waals surface area contributed by atoms with Crippen LogP contribution in [0.5, 0.6) is 0 Å². The van der Waals surface area contributed by atoms with E-state index in [2.05, 4.69) is 24.4 Å². The van der Waals surface area contributed by atoms with Crippen LogP contribution in [0.4, 0.5) is 4.79 Å². The topological polar surface area (TPSA) is 206 Å². The van der Waals surface area contributed by atoms with Gasteiger partial charge >= 0.3 is 18.0 Å². The first-order valence-corrected chi connectivity index (χ1v) is 21.6. The van der Waals surface area contributed by atoms with Crippen molar-refractivity contribution in [2.75, 3.05) is 74.7 Å². The largest absolute Gasteiger partial charge is 0.463 e. The number of unbranched alkanes of at least 4 members (excludes halogenated alkanes) is 1. The van der Waals surface area contributed by atoms with E-state index in [1.165, 1.54) is 24.0 Å². The molecular weight excluding hydrogens is 808 g/mol. The van der Waals surface area contributed by atoms with E-state index in [0.717, 1.165) is 12.0 Å². The van der Waals surface area contributed by atoms with E-state index in [-0.39, 0.29) is 107 Å². The first-order chi connectivity index (χ1) is 29.9. The molecule has 0 spiro atoms. The van der Waals surface area contributed by atoms with Crippen molar-refractivity contribution in [2.45, 2.75) is 96.7 Å². The Morgan fingerprint density at radius 2 is 1.48 bits per heavy atom. The van der Waals surface area contributed by atoms with Crippen LogP contribution in [0.2, 0.25) is 0 Å². The number of methoxy groups -OCH3 is 3. The molecule has 3 aliphatic rings. The van der Waals surface area contributed by atoms with Crippen LogP contribution in [0.3, 0.4) is 0 Å². The van der Waals surface area contributed by atoms with E-state index >= 15 is 0 Å². The lowest BCUT2D eigenvalue weighted by Gasteiger charge is -2.46. The summed E-state index contributed by atoms with van der Waals surface area (Å²) in [5, 5.41) is 2.35. The average Bonchev–Trinajstić information content (AvgIpc) is 3.46. The van der Waals surface area contributed by atoms with Crippen LogP contribution in [0.25, 0.3) is 0 Å². The number of carbonyl (C=O) groups is 7. The summed E-state index contributed by atoms with van der Waals surface area (Å²) in [6.07, 6.45) is 1.30. The second-order valence-corrected chi connectivity index (χ2v) is 16.3. The number of benzene rings is 1. The Balaban J connectivity index is 1.30. The fourth-order valence-corrected chi connectivity index (χ4v) is 8.54. The number of rotatable bonds is 27. The molecule has 5 amide bonds. The standard InChI is InChI=1S/C44H66N4O14/c1-7-31(32-13-9-8-10-14-32)24-59-27-47-40-34(30(3)23-57-5)22-37(50)46(43(40)48(25-58-6)44(47)55)26-60-28-62-39(52)18-17-29(2)35-21-36(49)33(41(53)45-42(35)54)15-11-12-16-38(51)61-20-19-56-4/h8-10,13-14,29-31,33-35,40,43H,7,11-12,15-28H2,1-6H3,(H,45,53,54). The summed E-state index contributed by atoms with van der Waals surface area (Å²) in [6.45, 7) is 6.17. The van der Waals surface area contributed by atoms with Gasteiger partial charge in [0.1, 0.15) is 38.7 Å². The fraction of sp³-hybridized carbons (Fsp3) is 0.705. The zero-order chi connectivity index (χ0) is 45.2. The molecular formula is C44H66N4O14. The lowest BCUT2D eigenvalue weighted by molar-refractivity contribution is -0.175. The van der Waals surface area contributed by atoms with E-state index in [4.69, 9.17) is 33.2 Å². The molecule has 18 heteroatoms. The molecule has 4 rings (SSSR count). The summed E-state index contributed by atoms with van der Waals surface area (Å²) < 4.78 is 38.1. The van der Waals surface area contributed by atoms with Crippen LogP contribution in [0.15, 0.2) is 30.3 Å². The van der Waals surface area contributed by atoms with Gasteiger partial charge in [0, 0.05) is 65.5 Å². The number of likely N-dealkylation sites (tertiary alicyclic amines) is 1. The van der Waals surface area contributed by atoms with Crippen molar-refractivity contribution in [2.24, 2.45) is 29.6 Å². The van der Waals surface area contributed by atoms with E-state index in [1.54, 1.807) is 18.9 Å². The number of ether oxygens (including phenoxy) is 7. The molecule has 346 valence electrons. The van der Waals surface area contributed by atoms with Crippen molar-refractivity contribution < 1.29 is 66.7 Å². The lowest BCUT2D eigenvalue weighted by atomic mass is 9.80. The Bertz CT molecular complexity index is 1650. The zero-order valence-electron chi connectivity index (χ0n) is 37.1. The number of imide groups is 1. The Hall–Kier alpha value is -4.49. The molecule has 3 heterocycles. The maximum absolute atomic E-state index is 14.0. The van der Waals surface area contributed by atoms with Gasteiger partial charge < -0.3 is 33.2 Å². The molecule has 0 saturated carbocycles. The van der Waals surface area contributed by atoms with Crippen LogP contribution < -0.4 is 5.32 Å². The van der Waals surface area contributed by atoms with Crippen LogP contribution >= 0.6 is 0 Å². The highest BCUT2D eigenvalue weighted by Gasteiger charge is 2.57. The minimum Gasteiger partial charge on any atom is -0.463 e. The SMILES string of the molecule is CCC(COCN1C(=O)N(COC)C2C1C(C(C)COC)CC(=O)N2COCOC(=O)CCC(C)C1CC(=O)C(CCCCC(=O)OCCOC)C(=O)NC1=O)c1ccccc1. The molecule has 8 unspecified atom stereocenters. The Kier molecular flexibility index (Phi) is 20.7. The van der Waals surface area contributed by atoms with Gasteiger partial charge in [-0.15, -0.1) is 0 Å². The minimum atomic E-state index is -1.01. The van der Waals surface area contributed by atoms with E-state index in [0.29, 0.717) is 26.1 Å². The number of piperidine rings is 1. The van der Waals surface area contributed by atoms with Gasteiger partial charge in [-0.25, -0.2) is 4.79 Å². The molecule has 3 saturated heterocycles. The number of ketones is 1. The highest BCUT2D eigenvalue weighted by atomic mass is 16.7. The Labute approximate surface area is 364 Å². The van der Waals surface area contributed by atoms with Crippen molar-refractivity contribution in [1.82, 2.24) is 20.0 Å². The van der Waals surface area contributed by atoms with Gasteiger partial charge in [-0.2, -0.15) is 0 Å². The molecule has 3 fully saturated rings. The summed E-state index contributed by atoms with van der Waals surface area (Å²) in [5.41, 5.74) is 1.14. The monoisotopic (exact) mass is 874 g/mol. The predicted octanol–water partition coefficient (Wildman–Crippen LogP) is 3.81. The lowest BCUT2D eigenvalue weighted by Crippen LogP contribution is -2.62. The molecule has 1 aromatic rings. The maximum atomic E-state index is 14.0. The number of fused-ring (bicyclic) bond motifs is 1. The van der Waals surface area contributed by atoms with Crippen molar-refractivity contribution in [3.8, 4) is 0 Å². The molecule has 18 nitrogen and oxygen atoms in total. The molecule has 8 atom stereocenters. The third-order valence-electron chi connectivity index (χ3n) is 12.1. The Morgan fingerprint density at radius 1 is 0.758 bits per heavy atom. The van der Waals surface area contributed by atoms with Crippen molar-refractivity contribution >= 4 is 41.5 Å². The van der Waals surface area contributed by atoms with Gasteiger partial charge in [0.15, 0.2) is 6.79 Å². The summed E-state index contributed by atoms with van der Waals surface area (Å²) in [7, 11) is 4.57. The normalized spacial score (nSPS) is 23.2. The molecule has 0 radical (unpaired) electrons.